The molecule has 0 bridgehead atoms. The molecule has 2 amide bonds. The van der Waals surface area contributed by atoms with Gasteiger partial charge in [-0.15, -0.1) is 0 Å². The molecule has 2 rings (SSSR count). The van der Waals surface area contributed by atoms with Crippen molar-refractivity contribution in [3.05, 3.63) is 69.7 Å². The summed E-state index contributed by atoms with van der Waals surface area (Å²) in [5.74, 6) is -0.301. The molecule has 2 aromatic carbocycles. The van der Waals surface area contributed by atoms with E-state index in [9.17, 15) is 9.59 Å². The van der Waals surface area contributed by atoms with Gasteiger partial charge in [-0.25, -0.2) is 0 Å². The van der Waals surface area contributed by atoms with Crippen LogP contribution in [0.25, 0.3) is 0 Å². The standard InChI is InChI=1S/C22H26Cl2N2O2/c1-3-4-13-25-22(28)16(2)26(15-18-7-5-6-8-20(18)24)21(27)14-17-9-11-19(23)12-10-17/h5-12,16H,3-4,13-15H2,1-2H3,(H,25,28)/t16-/m1/s1. The molecule has 4 nitrogen and oxygen atoms in total. The van der Waals surface area contributed by atoms with Crippen molar-refractivity contribution < 1.29 is 9.59 Å². The molecule has 0 radical (unpaired) electrons. The van der Waals surface area contributed by atoms with Crippen molar-refractivity contribution >= 4 is 35.0 Å². The summed E-state index contributed by atoms with van der Waals surface area (Å²) < 4.78 is 0. The zero-order valence-electron chi connectivity index (χ0n) is 16.3. The van der Waals surface area contributed by atoms with Crippen LogP contribution in [-0.4, -0.2) is 29.3 Å². The van der Waals surface area contributed by atoms with Gasteiger partial charge >= 0.3 is 0 Å². The summed E-state index contributed by atoms with van der Waals surface area (Å²) in [7, 11) is 0. The number of unbranched alkanes of at least 4 members (excludes halogenated alkanes) is 1. The molecule has 28 heavy (non-hydrogen) atoms. The lowest BCUT2D eigenvalue weighted by Gasteiger charge is -2.29. The quantitative estimate of drug-likeness (QED) is 0.588. The number of carbonyl (C=O) groups is 2. The number of benzene rings is 2. The van der Waals surface area contributed by atoms with Gasteiger partial charge in [0.15, 0.2) is 0 Å². The number of nitrogens with zero attached hydrogens (tertiary/aromatic N) is 1. The topological polar surface area (TPSA) is 49.4 Å². The minimum Gasteiger partial charge on any atom is -0.354 e. The van der Waals surface area contributed by atoms with Crippen LogP contribution in [0.15, 0.2) is 48.5 Å². The maximum atomic E-state index is 13.1. The second-order valence-electron chi connectivity index (χ2n) is 6.74. The average molecular weight is 421 g/mol. The Kier molecular flexibility index (Phi) is 8.81. The van der Waals surface area contributed by atoms with Crippen LogP contribution < -0.4 is 5.32 Å². The van der Waals surface area contributed by atoms with Crippen LogP contribution in [0.5, 0.6) is 0 Å². The molecule has 1 atom stereocenters. The number of hydrogen-bond acceptors (Lipinski definition) is 2. The highest BCUT2D eigenvalue weighted by molar-refractivity contribution is 6.31. The Morgan fingerprint density at radius 3 is 2.39 bits per heavy atom. The van der Waals surface area contributed by atoms with Gasteiger partial charge < -0.3 is 10.2 Å². The monoisotopic (exact) mass is 420 g/mol. The van der Waals surface area contributed by atoms with E-state index in [1.165, 1.54) is 0 Å². The minimum atomic E-state index is -0.604. The fourth-order valence-electron chi connectivity index (χ4n) is 2.81. The summed E-state index contributed by atoms with van der Waals surface area (Å²) in [6.45, 7) is 4.69. The number of hydrogen-bond donors (Lipinski definition) is 1. The van der Waals surface area contributed by atoms with Crippen LogP contribution in [0.2, 0.25) is 10.0 Å². The summed E-state index contributed by atoms with van der Waals surface area (Å²) in [5, 5.41) is 4.10. The van der Waals surface area contributed by atoms with E-state index in [0.717, 1.165) is 24.0 Å². The van der Waals surface area contributed by atoms with Crippen molar-refractivity contribution in [2.24, 2.45) is 0 Å². The van der Waals surface area contributed by atoms with Crippen LogP contribution in [0.1, 0.15) is 37.8 Å². The van der Waals surface area contributed by atoms with Crippen molar-refractivity contribution in [2.75, 3.05) is 6.54 Å². The molecule has 0 aliphatic heterocycles. The van der Waals surface area contributed by atoms with Gasteiger partial charge in [-0.1, -0.05) is 66.9 Å². The van der Waals surface area contributed by atoms with E-state index < -0.39 is 6.04 Å². The average Bonchev–Trinajstić information content (AvgIpc) is 2.68. The highest BCUT2D eigenvalue weighted by Gasteiger charge is 2.26. The van der Waals surface area contributed by atoms with Gasteiger partial charge in [-0.05, 0) is 42.7 Å². The van der Waals surface area contributed by atoms with Crippen molar-refractivity contribution in [1.29, 1.82) is 0 Å². The molecule has 150 valence electrons. The number of carbonyl (C=O) groups excluding carboxylic acids is 2. The third kappa shape index (κ3) is 6.54. The van der Waals surface area contributed by atoms with Crippen molar-refractivity contribution in [3.8, 4) is 0 Å². The van der Waals surface area contributed by atoms with Gasteiger partial charge in [0.25, 0.3) is 0 Å². The summed E-state index contributed by atoms with van der Waals surface area (Å²) in [5.41, 5.74) is 1.65. The first-order valence-corrected chi connectivity index (χ1v) is 10.2. The van der Waals surface area contributed by atoms with E-state index in [-0.39, 0.29) is 24.8 Å². The third-order valence-corrected chi connectivity index (χ3v) is 5.18. The van der Waals surface area contributed by atoms with Crippen LogP contribution in [0, 0.1) is 0 Å². The maximum absolute atomic E-state index is 13.1. The molecule has 0 aliphatic carbocycles. The maximum Gasteiger partial charge on any atom is 0.242 e. The largest absolute Gasteiger partial charge is 0.354 e. The Hall–Kier alpha value is -2.04. The first-order chi connectivity index (χ1) is 13.4. The van der Waals surface area contributed by atoms with Crippen molar-refractivity contribution in [1.82, 2.24) is 10.2 Å². The van der Waals surface area contributed by atoms with Crippen LogP contribution >= 0.6 is 23.2 Å². The molecule has 1 N–H and O–H groups in total. The Labute approximate surface area is 176 Å². The smallest absolute Gasteiger partial charge is 0.242 e. The SMILES string of the molecule is CCCCNC(=O)[C@@H](C)N(Cc1ccccc1Cl)C(=O)Cc1ccc(Cl)cc1. The van der Waals surface area contributed by atoms with Gasteiger partial charge in [0.2, 0.25) is 11.8 Å². The van der Waals surface area contributed by atoms with Gasteiger partial charge in [0.05, 0.1) is 6.42 Å². The van der Waals surface area contributed by atoms with E-state index in [1.807, 2.05) is 30.3 Å². The Morgan fingerprint density at radius 1 is 1.07 bits per heavy atom. The first-order valence-electron chi connectivity index (χ1n) is 9.47. The van der Waals surface area contributed by atoms with Gasteiger partial charge in [0.1, 0.15) is 6.04 Å². The van der Waals surface area contributed by atoms with E-state index in [1.54, 1.807) is 30.0 Å². The molecule has 0 spiro atoms. The van der Waals surface area contributed by atoms with Gasteiger partial charge in [0, 0.05) is 23.1 Å². The summed E-state index contributed by atoms with van der Waals surface area (Å²) in [6.07, 6.45) is 2.09. The van der Waals surface area contributed by atoms with Gasteiger partial charge in [-0.3, -0.25) is 9.59 Å². The molecular formula is C22H26Cl2N2O2. The van der Waals surface area contributed by atoms with E-state index in [2.05, 4.69) is 12.2 Å². The number of rotatable bonds is 9. The molecule has 0 unspecified atom stereocenters. The third-order valence-electron chi connectivity index (χ3n) is 4.56. The molecule has 0 fully saturated rings. The highest BCUT2D eigenvalue weighted by atomic mass is 35.5. The molecule has 0 aliphatic rings. The second kappa shape index (κ2) is 11.1. The first kappa shape index (κ1) is 22.3. The molecule has 6 heteroatoms. The lowest BCUT2D eigenvalue weighted by Crippen LogP contribution is -2.48. The fourth-order valence-corrected chi connectivity index (χ4v) is 3.13. The molecular weight excluding hydrogens is 395 g/mol. The normalized spacial score (nSPS) is 11.7. The van der Waals surface area contributed by atoms with E-state index in [0.29, 0.717) is 16.6 Å². The van der Waals surface area contributed by atoms with Crippen molar-refractivity contribution in [3.63, 3.8) is 0 Å². The predicted molar refractivity (Wildman–Crippen MR) is 115 cm³/mol. The highest BCUT2D eigenvalue weighted by Crippen LogP contribution is 2.20. The van der Waals surface area contributed by atoms with Crippen LogP contribution in [-0.2, 0) is 22.6 Å². The zero-order chi connectivity index (χ0) is 20.5. The molecule has 0 saturated carbocycles. The van der Waals surface area contributed by atoms with Crippen LogP contribution in [0.4, 0.5) is 0 Å². The molecule has 0 saturated heterocycles. The lowest BCUT2D eigenvalue weighted by molar-refractivity contribution is -0.140. The molecule has 2 aromatic rings. The molecule has 0 heterocycles. The zero-order valence-corrected chi connectivity index (χ0v) is 17.8. The lowest BCUT2D eigenvalue weighted by atomic mass is 10.1. The minimum absolute atomic E-state index is 0.139. The Balaban J connectivity index is 2.19. The Morgan fingerprint density at radius 2 is 1.75 bits per heavy atom. The number of halogens is 2. The summed E-state index contributed by atoms with van der Waals surface area (Å²) in [6, 6.07) is 13.9. The van der Waals surface area contributed by atoms with Gasteiger partial charge in [-0.2, -0.15) is 0 Å². The summed E-state index contributed by atoms with van der Waals surface area (Å²) in [4.78, 5) is 27.2. The predicted octanol–water partition coefficient (Wildman–Crippen LogP) is 4.87. The molecule has 0 aromatic heterocycles. The number of nitrogens with one attached hydrogen (secondary N) is 1. The second-order valence-corrected chi connectivity index (χ2v) is 7.58. The Bertz CT molecular complexity index is 793. The number of amides is 2. The van der Waals surface area contributed by atoms with E-state index >= 15 is 0 Å². The van der Waals surface area contributed by atoms with Crippen LogP contribution in [0.3, 0.4) is 0 Å². The van der Waals surface area contributed by atoms with Crippen molar-refractivity contribution in [2.45, 2.75) is 45.7 Å². The summed E-state index contributed by atoms with van der Waals surface area (Å²) >= 11 is 12.2. The van der Waals surface area contributed by atoms with E-state index in [4.69, 9.17) is 23.2 Å². The fraction of sp³-hybridized carbons (Fsp3) is 0.364.